The third-order valence-corrected chi connectivity index (χ3v) is 2.79. The number of benzene rings is 2. The molecule has 1 N–H and O–H groups in total. The number of hydrogen-bond acceptors (Lipinski definition) is 4. The maximum atomic E-state index is 8.51. The van der Waals surface area contributed by atoms with Crippen molar-refractivity contribution in [1.29, 1.82) is 5.26 Å². The molecule has 4 heteroatoms. The molecular formula is C16H16N2O2. The number of nitrogens with zero attached hydrogens (tertiary/aromatic N) is 1. The molecule has 4 nitrogen and oxygen atoms in total. The zero-order valence-corrected chi connectivity index (χ0v) is 11.3. The summed E-state index contributed by atoms with van der Waals surface area (Å²) in [6, 6.07) is 17.4. The Balaban J connectivity index is 2.02. The predicted molar refractivity (Wildman–Crippen MR) is 77.9 cm³/mol. The summed E-state index contributed by atoms with van der Waals surface area (Å²) in [4.78, 5) is 0. The van der Waals surface area contributed by atoms with Crippen LogP contribution in [0.1, 0.15) is 5.56 Å². The van der Waals surface area contributed by atoms with Gasteiger partial charge in [-0.05, 0) is 29.8 Å². The predicted octanol–water partition coefficient (Wildman–Crippen LogP) is 3.21. The average Bonchev–Trinajstić information content (AvgIpc) is 2.51. The van der Waals surface area contributed by atoms with Crippen LogP contribution >= 0.6 is 0 Å². The van der Waals surface area contributed by atoms with Crippen LogP contribution in [-0.2, 0) is 6.54 Å². The minimum absolute atomic E-state index is 0.0589. The van der Waals surface area contributed by atoms with Crippen LogP contribution in [0.3, 0.4) is 0 Å². The number of methoxy groups -OCH3 is 1. The fourth-order valence-electron chi connectivity index (χ4n) is 1.85. The van der Waals surface area contributed by atoms with E-state index >= 15 is 0 Å². The Morgan fingerprint density at radius 2 is 2.00 bits per heavy atom. The number of para-hydroxylation sites is 2. The van der Waals surface area contributed by atoms with Gasteiger partial charge in [-0.2, -0.15) is 5.26 Å². The molecule has 0 spiro atoms. The molecule has 0 radical (unpaired) electrons. The van der Waals surface area contributed by atoms with E-state index in [0.29, 0.717) is 12.3 Å². The maximum Gasteiger partial charge on any atom is 0.174 e. The van der Waals surface area contributed by atoms with Gasteiger partial charge in [-0.1, -0.05) is 24.3 Å². The highest BCUT2D eigenvalue weighted by atomic mass is 16.5. The van der Waals surface area contributed by atoms with Crippen LogP contribution in [0, 0.1) is 11.3 Å². The number of rotatable bonds is 6. The van der Waals surface area contributed by atoms with E-state index in [4.69, 9.17) is 14.7 Å². The first kappa shape index (κ1) is 13.8. The number of anilines is 1. The zero-order chi connectivity index (χ0) is 14.2. The SMILES string of the molecule is COc1ccccc1NCc1cccc(OCC#N)c1. The fourth-order valence-corrected chi connectivity index (χ4v) is 1.85. The second-order valence-electron chi connectivity index (χ2n) is 4.15. The molecule has 20 heavy (non-hydrogen) atoms. The van der Waals surface area contributed by atoms with Crippen molar-refractivity contribution < 1.29 is 9.47 Å². The monoisotopic (exact) mass is 268 g/mol. The Labute approximate surface area is 118 Å². The van der Waals surface area contributed by atoms with Gasteiger partial charge in [-0.15, -0.1) is 0 Å². The molecule has 0 bridgehead atoms. The highest BCUT2D eigenvalue weighted by Gasteiger charge is 2.02. The van der Waals surface area contributed by atoms with E-state index in [1.165, 1.54) is 0 Å². The van der Waals surface area contributed by atoms with Gasteiger partial charge in [0.1, 0.15) is 17.6 Å². The molecule has 0 saturated heterocycles. The van der Waals surface area contributed by atoms with E-state index in [2.05, 4.69) is 5.32 Å². The van der Waals surface area contributed by atoms with E-state index in [0.717, 1.165) is 17.0 Å². The third-order valence-electron chi connectivity index (χ3n) is 2.79. The summed E-state index contributed by atoms with van der Waals surface area (Å²) in [5, 5.41) is 11.8. The molecule has 0 aliphatic heterocycles. The Morgan fingerprint density at radius 1 is 1.15 bits per heavy atom. The standard InChI is InChI=1S/C16H16N2O2/c1-19-16-8-3-2-7-15(16)18-12-13-5-4-6-14(11-13)20-10-9-17/h2-8,11,18H,10,12H2,1H3. The Kier molecular flexibility index (Phi) is 4.85. The lowest BCUT2D eigenvalue weighted by atomic mass is 10.2. The fraction of sp³-hybridized carbons (Fsp3) is 0.188. The van der Waals surface area contributed by atoms with Gasteiger partial charge < -0.3 is 14.8 Å². The minimum atomic E-state index is 0.0589. The molecular weight excluding hydrogens is 252 g/mol. The van der Waals surface area contributed by atoms with Crippen molar-refractivity contribution in [3.63, 3.8) is 0 Å². The molecule has 0 unspecified atom stereocenters. The largest absolute Gasteiger partial charge is 0.495 e. The van der Waals surface area contributed by atoms with Crippen molar-refractivity contribution in [2.45, 2.75) is 6.54 Å². The number of hydrogen-bond donors (Lipinski definition) is 1. The number of ether oxygens (including phenoxy) is 2. The van der Waals surface area contributed by atoms with Gasteiger partial charge >= 0.3 is 0 Å². The van der Waals surface area contributed by atoms with Crippen molar-refractivity contribution in [2.24, 2.45) is 0 Å². The first-order valence-corrected chi connectivity index (χ1v) is 6.29. The number of nitrogens with one attached hydrogen (secondary N) is 1. The first-order chi connectivity index (χ1) is 9.83. The molecule has 0 aromatic heterocycles. The lowest BCUT2D eigenvalue weighted by Crippen LogP contribution is -2.02. The van der Waals surface area contributed by atoms with Crippen LogP contribution in [0.2, 0.25) is 0 Å². The topological polar surface area (TPSA) is 54.3 Å². The Hall–Kier alpha value is -2.67. The lowest BCUT2D eigenvalue weighted by molar-refractivity contribution is 0.368. The summed E-state index contributed by atoms with van der Waals surface area (Å²) in [5.74, 6) is 1.51. The molecule has 102 valence electrons. The molecule has 0 aliphatic carbocycles. The normalized spacial score (nSPS) is 9.60. The van der Waals surface area contributed by atoms with Crippen molar-refractivity contribution >= 4 is 5.69 Å². The quantitative estimate of drug-likeness (QED) is 0.874. The van der Waals surface area contributed by atoms with Gasteiger partial charge in [-0.3, -0.25) is 0 Å². The van der Waals surface area contributed by atoms with Crippen LogP contribution < -0.4 is 14.8 Å². The summed E-state index contributed by atoms with van der Waals surface area (Å²) in [6.07, 6.45) is 0. The summed E-state index contributed by atoms with van der Waals surface area (Å²) in [5.41, 5.74) is 2.02. The van der Waals surface area contributed by atoms with Crippen molar-refractivity contribution in [2.75, 3.05) is 19.0 Å². The van der Waals surface area contributed by atoms with Crippen LogP contribution in [0.5, 0.6) is 11.5 Å². The highest BCUT2D eigenvalue weighted by molar-refractivity contribution is 5.56. The van der Waals surface area contributed by atoms with E-state index in [-0.39, 0.29) is 6.61 Å². The Morgan fingerprint density at radius 3 is 2.80 bits per heavy atom. The molecule has 0 aliphatic rings. The highest BCUT2D eigenvalue weighted by Crippen LogP contribution is 2.24. The van der Waals surface area contributed by atoms with E-state index in [1.54, 1.807) is 7.11 Å². The van der Waals surface area contributed by atoms with E-state index in [1.807, 2.05) is 54.6 Å². The van der Waals surface area contributed by atoms with Gasteiger partial charge in [0.2, 0.25) is 0 Å². The molecule has 0 atom stereocenters. The second-order valence-corrected chi connectivity index (χ2v) is 4.15. The third kappa shape index (κ3) is 3.66. The Bertz CT molecular complexity index is 605. The first-order valence-electron chi connectivity index (χ1n) is 6.29. The summed E-state index contributed by atoms with van der Waals surface area (Å²) in [6.45, 7) is 0.716. The molecule has 0 fully saturated rings. The van der Waals surface area contributed by atoms with Crippen molar-refractivity contribution in [1.82, 2.24) is 0 Å². The smallest absolute Gasteiger partial charge is 0.174 e. The van der Waals surface area contributed by atoms with Crippen LogP contribution in [0.25, 0.3) is 0 Å². The van der Waals surface area contributed by atoms with Gasteiger partial charge in [0.25, 0.3) is 0 Å². The van der Waals surface area contributed by atoms with Crippen molar-refractivity contribution in [3.8, 4) is 17.6 Å². The second kappa shape index (κ2) is 7.05. The summed E-state index contributed by atoms with van der Waals surface area (Å²) in [7, 11) is 1.65. The van der Waals surface area contributed by atoms with Gasteiger partial charge in [0.15, 0.2) is 6.61 Å². The van der Waals surface area contributed by atoms with E-state index in [9.17, 15) is 0 Å². The van der Waals surface area contributed by atoms with Crippen LogP contribution in [-0.4, -0.2) is 13.7 Å². The van der Waals surface area contributed by atoms with Gasteiger partial charge in [-0.25, -0.2) is 0 Å². The summed E-state index contributed by atoms with van der Waals surface area (Å²) < 4.78 is 10.6. The van der Waals surface area contributed by atoms with Crippen LogP contribution in [0.15, 0.2) is 48.5 Å². The summed E-state index contributed by atoms with van der Waals surface area (Å²) >= 11 is 0. The molecule has 0 saturated carbocycles. The zero-order valence-electron chi connectivity index (χ0n) is 11.3. The van der Waals surface area contributed by atoms with E-state index < -0.39 is 0 Å². The molecule has 0 amide bonds. The minimum Gasteiger partial charge on any atom is -0.495 e. The average molecular weight is 268 g/mol. The molecule has 2 aromatic rings. The maximum absolute atomic E-state index is 8.51. The van der Waals surface area contributed by atoms with Gasteiger partial charge in [0.05, 0.1) is 12.8 Å². The molecule has 0 heterocycles. The van der Waals surface area contributed by atoms with Crippen molar-refractivity contribution in [3.05, 3.63) is 54.1 Å². The van der Waals surface area contributed by atoms with Crippen LogP contribution in [0.4, 0.5) is 5.69 Å². The molecule has 2 rings (SSSR count). The lowest BCUT2D eigenvalue weighted by Gasteiger charge is -2.11. The number of nitriles is 1. The molecule has 2 aromatic carbocycles. The van der Waals surface area contributed by atoms with Gasteiger partial charge in [0, 0.05) is 6.54 Å².